The van der Waals surface area contributed by atoms with Crippen molar-refractivity contribution in [2.24, 2.45) is 4.99 Å². The summed E-state index contributed by atoms with van der Waals surface area (Å²) in [5, 5.41) is 3.22. The van der Waals surface area contributed by atoms with Gasteiger partial charge in [-0.2, -0.15) is 0 Å². The zero-order chi connectivity index (χ0) is 20.1. The number of fused-ring (bicyclic) bond motifs is 1. The highest BCUT2D eigenvalue weighted by molar-refractivity contribution is 7.90. The van der Waals surface area contributed by atoms with Crippen LogP contribution < -0.4 is 20.9 Å². The van der Waals surface area contributed by atoms with Gasteiger partial charge in [-0.1, -0.05) is 42.5 Å². The van der Waals surface area contributed by atoms with E-state index in [2.05, 4.69) is 25.9 Å². The summed E-state index contributed by atoms with van der Waals surface area (Å²) < 4.78 is 26.5. The molecule has 3 rings (SSSR count). The zero-order valence-corrected chi connectivity index (χ0v) is 16.6. The number of rotatable bonds is 4. The van der Waals surface area contributed by atoms with Crippen LogP contribution in [0.25, 0.3) is 0 Å². The van der Waals surface area contributed by atoms with Crippen LogP contribution in [0.4, 0.5) is 0 Å². The molecule has 1 amide bonds. The first-order valence-electron chi connectivity index (χ1n) is 8.44. The molecule has 10 heteroatoms. The van der Waals surface area contributed by atoms with E-state index in [4.69, 9.17) is 12.2 Å². The van der Waals surface area contributed by atoms with Gasteiger partial charge in [0.15, 0.2) is 5.11 Å². The normalized spacial score (nSPS) is 16.5. The summed E-state index contributed by atoms with van der Waals surface area (Å²) in [7, 11) is -3.64. The largest absolute Gasteiger partial charge is 0.357 e. The number of nitrogens with one attached hydrogen (secondary N) is 4. The maximum absolute atomic E-state index is 12.2. The lowest BCUT2D eigenvalue weighted by Gasteiger charge is -2.13. The molecule has 0 saturated heterocycles. The number of hydrazine groups is 1. The van der Waals surface area contributed by atoms with Crippen molar-refractivity contribution in [3.63, 3.8) is 0 Å². The second-order valence-corrected chi connectivity index (χ2v) is 8.10. The van der Waals surface area contributed by atoms with Gasteiger partial charge in [0.05, 0.1) is 4.90 Å². The fourth-order valence-corrected chi connectivity index (χ4v) is 3.89. The number of hydrogen-bond donors (Lipinski definition) is 4. The quantitative estimate of drug-likeness (QED) is 0.433. The van der Waals surface area contributed by atoms with Crippen molar-refractivity contribution in [3.8, 4) is 0 Å². The molecule has 0 unspecified atom stereocenters. The summed E-state index contributed by atoms with van der Waals surface area (Å²) in [4.78, 5) is 16.6. The van der Waals surface area contributed by atoms with Gasteiger partial charge in [-0.05, 0) is 36.8 Å². The van der Waals surface area contributed by atoms with Crippen molar-refractivity contribution < 1.29 is 13.2 Å². The van der Waals surface area contributed by atoms with Crippen molar-refractivity contribution in [2.75, 3.05) is 0 Å². The molecule has 2 aromatic rings. The average Bonchev–Trinajstić information content (AvgIpc) is 2.95. The van der Waals surface area contributed by atoms with Crippen LogP contribution in [-0.4, -0.2) is 31.3 Å². The number of hydrogen-bond acceptors (Lipinski definition) is 5. The number of thiocarbonyl (C=S) groups is 1. The predicted molar refractivity (Wildman–Crippen MR) is 110 cm³/mol. The molecule has 0 bridgehead atoms. The van der Waals surface area contributed by atoms with Crippen LogP contribution in [0.1, 0.15) is 18.1 Å². The van der Waals surface area contributed by atoms with Crippen LogP contribution in [0, 0.1) is 0 Å². The van der Waals surface area contributed by atoms with Gasteiger partial charge >= 0.3 is 0 Å². The number of carbonyl (C=O) groups is 1. The molecule has 4 N–H and O–H groups in total. The number of nitrogens with zero attached hydrogens (tertiary/aromatic N) is 1. The fourth-order valence-electron chi connectivity index (χ4n) is 2.53. The zero-order valence-electron chi connectivity index (χ0n) is 15.0. The summed E-state index contributed by atoms with van der Waals surface area (Å²) >= 11 is 5.12. The van der Waals surface area contributed by atoms with Crippen LogP contribution in [0.5, 0.6) is 0 Å². The third-order valence-corrected chi connectivity index (χ3v) is 5.60. The Balaban J connectivity index is 1.55. The van der Waals surface area contributed by atoms with E-state index in [1.165, 1.54) is 6.07 Å². The fraction of sp³-hybridized carbons (Fsp3) is 0.167. The minimum Gasteiger partial charge on any atom is -0.357 e. The van der Waals surface area contributed by atoms with Gasteiger partial charge in [-0.25, -0.2) is 8.42 Å². The molecule has 0 fully saturated rings. The van der Waals surface area contributed by atoms with Gasteiger partial charge in [-0.15, -0.1) is 0 Å². The van der Waals surface area contributed by atoms with Gasteiger partial charge in [0.25, 0.3) is 15.9 Å². The summed E-state index contributed by atoms with van der Waals surface area (Å²) in [5.41, 5.74) is 6.55. The molecule has 1 atom stereocenters. The molecular weight excluding hydrogens is 398 g/mol. The second-order valence-electron chi connectivity index (χ2n) is 6.04. The number of amidine groups is 1. The number of carbonyl (C=O) groups excluding carboxylic acids is 1. The smallest absolute Gasteiger partial charge is 0.263 e. The predicted octanol–water partition coefficient (Wildman–Crippen LogP) is 0.809. The van der Waals surface area contributed by atoms with Crippen LogP contribution >= 0.6 is 12.2 Å². The van der Waals surface area contributed by atoms with Crippen molar-refractivity contribution in [1.82, 2.24) is 20.9 Å². The minimum atomic E-state index is -3.64. The third kappa shape index (κ3) is 4.65. The monoisotopic (exact) mass is 417 g/mol. The molecule has 0 spiro atoms. The van der Waals surface area contributed by atoms with Crippen molar-refractivity contribution in [1.29, 1.82) is 0 Å². The van der Waals surface area contributed by atoms with Gasteiger partial charge in [0.2, 0.25) is 0 Å². The van der Waals surface area contributed by atoms with Gasteiger partial charge in [0, 0.05) is 12.1 Å². The Labute approximate surface area is 168 Å². The van der Waals surface area contributed by atoms with Crippen molar-refractivity contribution >= 4 is 39.1 Å². The summed E-state index contributed by atoms with van der Waals surface area (Å²) in [6, 6.07) is 15.3. The van der Waals surface area contributed by atoms with Crippen molar-refractivity contribution in [2.45, 2.75) is 24.4 Å². The Bertz CT molecular complexity index is 1020. The van der Waals surface area contributed by atoms with E-state index in [9.17, 15) is 13.2 Å². The van der Waals surface area contributed by atoms with E-state index in [0.29, 0.717) is 12.1 Å². The SMILES string of the molecule is C[C@H](N=C1NS(=O)(=O)c2ccccc21)C(=O)NNC(=S)NCc1ccccc1. The Morgan fingerprint density at radius 3 is 2.54 bits per heavy atom. The van der Waals surface area contributed by atoms with Crippen molar-refractivity contribution in [3.05, 3.63) is 65.7 Å². The lowest BCUT2D eigenvalue weighted by molar-refractivity contribution is -0.122. The average molecular weight is 418 g/mol. The molecule has 146 valence electrons. The van der Waals surface area contributed by atoms with Gasteiger partial charge < -0.3 is 5.32 Å². The molecule has 1 aliphatic heterocycles. The minimum absolute atomic E-state index is 0.142. The van der Waals surface area contributed by atoms with E-state index in [-0.39, 0.29) is 15.8 Å². The Hall–Kier alpha value is -2.98. The van der Waals surface area contributed by atoms with Gasteiger partial charge in [-0.3, -0.25) is 25.4 Å². The molecular formula is C18H19N5O3S2. The lowest BCUT2D eigenvalue weighted by atomic mass is 10.2. The number of amides is 1. The third-order valence-electron chi connectivity index (χ3n) is 3.96. The molecule has 0 saturated carbocycles. The molecule has 2 aromatic carbocycles. The summed E-state index contributed by atoms with van der Waals surface area (Å²) in [6.45, 7) is 2.07. The molecule has 0 aromatic heterocycles. The molecule has 1 aliphatic rings. The van der Waals surface area contributed by atoms with E-state index >= 15 is 0 Å². The first kappa shape index (κ1) is 19.8. The first-order valence-corrected chi connectivity index (χ1v) is 10.3. The van der Waals surface area contributed by atoms with E-state index in [1.54, 1.807) is 25.1 Å². The van der Waals surface area contributed by atoms with E-state index in [0.717, 1.165) is 5.56 Å². The van der Waals surface area contributed by atoms with Crippen LogP contribution in [0.15, 0.2) is 64.5 Å². The van der Waals surface area contributed by atoms with Crippen LogP contribution in [-0.2, 0) is 21.4 Å². The Kier molecular flexibility index (Phi) is 5.90. The van der Waals surface area contributed by atoms with Crippen LogP contribution in [0.3, 0.4) is 0 Å². The maximum atomic E-state index is 12.2. The van der Waals surface area contributed by atoms with Gasteiger partial charge in [0.1, 0.15) is 11.9 Å². The molecule has 0 aliphatic carbocycles. The maximum Gasteiger partial charge on any atom is 0.263 e. The summed E-state index contributed by atoms with van der Waals surface area (Å²) in [6.07, 6.45) is 0. The van der Waals surface area contributed by atoms with Crippen LogP contribution in [0.2, 0.25) is 0 Å². The highest BCUT2D eigenvalue weighted by atomic mass is 32.2. The molecule has 1 heterocycles. The topological polar surface area (TPSA) is 112 Å². The standard InChI is InChI=1S/C18H19N5O3S2/c1-12(20-16-14-9-5-6-10-15(14)28(25,26)23-16)17(24)21-22-18(27)19-11-13-7-3-2-4-8-13/h2-10,12H,11H2,1H3,(H,20,23)(H,21,24)(H2,19,22,27)/t12-/m0/s1. The second kappa shape index (κ2) is 8.36. The molecule has 8 nitrogen and oxygen atoms in total. The molecule has 0 radical (unpaired) electrons. The Morgan fingerprint density at radius 2 is 1.79 bits per heavy atom. The van der Waals surface area contributed by atoms with E-state index in [1.807, 2.05) is 30.3 Å². The summed E-state index contributed by atoms with van der Waals surface area (Å²) in [5.74, 6) is -0.317. The Morgan fingerprint density at radius 1 is 1.11 bits per heavy atom. The molecule has 28 heavy (non-hydrogen) atoms. The first-order chi connectivity index (χ1) is 13.4. The highest BCUT2D eigenvalue weighted by Gasteiger charge is 2.31. The number of benzene rings is 2. The van der Waals surface area contributed by atoms with E-state index < -0.39 is 22.0 Å². The number of aliphatic imine (C=N–C) groups is 1. The number of sulfonamides is 1. The lowest BCUT2D eigenvalue weighted by Crippen LogP contribution is -2.49. The highest BCUT2D eigenvalue weighted by Crippen LogP contribution is 2.22.